The van der Waals surface area contributed by atoms with Crippen LogP contribution in [-0.2, 0) is 17.3 Å². The van der Waals surface area contributed by atoms with Gasteiger partial charge in [-0.15, -0.1) is 11.3 Å². The van der Waals surface area contributed by atoms with Gasteiger partial charge in [-0.05, 0) is 58.5 Å². The molecule has 0 bridgehead atoms. The summed E-state index contributed by atoms with van der Waals surface area (Å²) in [5, 5.41) is 27.2. The van der Waals surface area contributed by atoms with Crippen LogP contribution in [0.5, 0.6) is 5.75 Å². The van der Waals surface area contributed by atoms with Gasteiger partial charge in [0.15, 0.2) is 0 Å². The molecule has 3 rings (SSSR count). The Labute approximate surface area is 206 Å². The minimum atomic E-state index is -0.287. The number of hydrogen-bond acceptors (Lipinski definition) is 4. The van der Waals surface area contributed by atoms with Crippen LogP contribution in [0.1, 0.15) is 73.5 Å². The van der Waals surface area contributed by atoms with Crippen molar-refractivity contribution in [3.8, 4) is 5.75 Å². The molecule has 0 saturated carbocycles. The van der Waals surface area contributed by atoms with E-state index in [1.165, 1.54) is 11.3 Å². The van der Waals surface area contributed by atoms with Crippen molar-refractivity contribution < 1.29 is 9.90 Å². The van der Waals surface area contributed by atoms with E-state index in [0.29, 0.717) is 24.4 Å². The van der Waals surface area contributed by atoms with Crippen molar-refractivity contribution in [1.29, 1.82) is 5.41 Å². The zero-order valence-corrected chi connectivity index (χ0v) is 21.7. The molecule has 5 nitrogen and oxygen atoms in total. The maximum Gasteiger partial charge on any atom is 0.251 e. The molecule has 0 radical (unpaired) electrons. The second-order valence-electron chi connectivity index (χ2n) is 10.6. The van der Waals surface area contributed by atoms with E-state index in [-0.39, 0.29) is 22.5 Å². The molecule has 180 valence electrons. The van der Waals surface area contributed by atoms with E-state index < -0.39 is 0 Å². The Bertz CT molecular complexity index is 1130. The maximum atomic E-state index is 13.0. The summed E-state index contributed by atoms with van der Waals surface area (Å²) in [4.78, 5) is 13.9. The van der Waals surface area contributed by atoms with Gasteiger partial charge in [-0.3, -0.25) is 10.2 Å². The van der Waals surface area contributed by atoms with Gasteiger partial charge in [-0.2, -0.15) is 0 Å². The highest BCUT2D eigenvalue weighted by molar-refractivity contribution is 7.12. The minimum Gasteiger partial charge on any atom is -0.507 e. The zero-order valence-electron chi connectivity index (χ0n) is 20.9. The Balaban J connectivity index is 1.69. The van der Waals surface area contributed by atoms with Crippen LogP contribution in [0.2, 0.25) is 0 Å². The van der Waals surface area contributed by atoms with Crippen LogP contribution in [0.4, 0.5) is 5.69 Å². The van der Waals surface area contributed by atoms with Gasteiger partial charge in [0.1, 0.15) is 11.6 Å². The number of amidine groups is 1. The highest BCUT2D eigenvalue weighted by Crippen LogP contribution is 2.39. The van der Waals surface area contributed by atoms with E-state index in [4.69, 9.17) is 5.41 Å². The van der Waals surface area contributed by atoms with Crippen LogP contribution < -0.4 is 10.6 Å². The quantitative estimate of drug-likeness (QED) is 0.243. The van der Waals surface area contributed by atoms with E-state index in [9.17, 15) is 9.90 Å². The molecule has 0 atom stereocenters. The van der Waals surface area contributed by atoms with Crippen molar-refractivity contribution in [1.82, 2.24) is 5.32 Å². The Kier molecular flexibility index (Phi) is 7.51. The summed E-state index contributed by atoms with van der Waals surface area (Å²) in [7, 11) is 0. The van der Waals surface area contributed by atoms with Crippen molar-refractivity contribution in [3.63, 3.8) is 0 Å². The lowest BCUT2D eigenvalue weighted by Gasteiger charge is -2.28. The van der Waals surface area contributed by atoms with Gasteiger partial charge in [-0.25, -0.2) is 0 Å². The van der Waals surface area contributed by atoms with Gasteiger partial charge in [0.25, 0.3) is 5.91 Å². The molecule has 4 N–H and O–H groups in total. The Morgan fingerprint density at radius 2 is 1.62 bits per heavy atom. The molecule has 0 aliphatic rings. The van der Waals surface area contributed by atoms with E-state index >= 15 is 0 Å². The van der Waals surface area contributed by atoms with Crippen molar-refractivity contribution in [2.24, 2.45) is 0 Å². The Morgan fingerprint density at radius 1 is 0.971 bits per heavy atom. The topological polar surface area (TPSA) is 85.2 Å². The second kappa shape index (κ2) is 10.0. The highest BCUT2D eigenvalue weighted by Gasteiger charge is 2.27. The minimum absolute atomic E-state index is 0.148. The average molecular weight is 478 g/mol. The monoisotopic (exact) mass is 477 g/mol. The van der Waals surface area contributed by atoms with Crippen LogP contribution in [0.25, 0.3) is 0 Å². The SMILES string of the molecule is CC(C)(C)c1cc(C(=O)NCCc2cccc(NC(=N)c3cccs3)c2)cc(C(C)(C)C)c1O. The molecule has 1 aromatic heterocycles. The number of benzene rings is 2. The molecule has 3 aromatic rings. The van der Waals surface area contributed by atoms with Crippen molar-refractivity contribution in [3.05, 3.63) is 81.0 Å². The summed E-state index contributed by atoms with van der Waals surface area (Å²) in [5.74, 6) is 0.496. The van der Waals surface area contributed by atoms with E-state index in [1.807, 2.05) is 83.3 Å². The molecule has 0 aliphatic carbocycles. The van der Waals surface area contributed by atoms with Gasteiger partial charge in [0.2, 0.25) is 0 Å². The van der Waals surface area contributed by atoms with E-state index in [2.05, 4.69) is 10.6 Å². The van der Waals surface area contributed by atoms with Crippen molar-refractivity contribution >= 4 is 28.8 Å². The predicted octanol–water partition coefficient (Wildman–Crippen LogP) is 6.46. The average Bonchev–Trinajstić information content (AvgIpc) is 3.27. The third kappa shape index (κ3) is 6.26. The summed E-state index contributed by atoms with van der Waals surface area (Å²) < 4.78 is 0. The number of phenolic OH excluding ortho intramolecular Hbond substituents is 1. The molecule has 0 fully saturated rings. The van der Waals surface area contributed by atoms with Crippen LogP contribution in [0, 0.1) is 5.41 Å². The third-order valence-electron chi connectivity index (χ3n) is 5.65. The smallest absolute Gasteiger partial charge is 0.251 e. The third-order valence-corrected chi connectivity index (χ3v) is 6.54. The molecule has 2 aromatic carbocycles. The second-order valence-corrected chi connectivity index (χ2v) is 11.6. The number of phenols is 1. The van der Waals surface area contributed by atoms with Gasteiger partial charge in [0.05, 0.1) is 4.88 Å². The van der Waals surface area contributed by atoms with Gasteiger partial charge in [-0.1, -0.05) is 59.7 Å². The van der Waals surface area contributed by atoms with Crippen molar-refractivity contribution in [2.45, 2.75) is 58.8 Å². The summed E-state index contributed by atoms with van der Waals surface area (Å²) in [5.41, 5.74) is 3.46. The number of amides is 1. The summed E-state index contributed by atoms with van der Waals surface area (Å²) in [6.45, 7) is 12.7. The first-order valence-electron chi connectivity index (χ1n) is 11.5. The van der Waals surface area contributed by atoms with Crippen LogP contribution >= 0.6 is 11.3 Å². The van der Waals surface area contributed by atoms with Gasteiger partial charge < -0.3 is 15.7 Å². The number of rotatable bonds is 6. The molecular weight excluding hydrogens is 442 g/mol. The lowest BCUT2D eigenvalue weighted by atomic mass is 9.78. The largest absolute Gasteiger partial charge is 0.507 e. The van der Waals surface area contributed by atoms with Crippen LogP contribution in [0.15, 0.2) is 53.9 Å². The predicted molar refractivity (Wildman–Crippen MR) is 143 cm³/mol. The fourth-order valence-electron chi connectivity index (χ4n) is 3.76. The van der Waals surface area contributed by atoms with E-state index in [0.717, 1.165) is 27.3 Å². The number of thiophene rings is 1. The first-order chi connectivity index (χ1) is 15.9. The molecule has 0 spiro atoms. The number of carbonyl (C=O) groups is 1. The fraction of sp³-hybridized carbons (Fsp3) is 0.357. The summed E-state index contributed by atoms with van der Waals surface area (Å²) in [6, 6.07) is 15.4. The molecular formula is C28H35N3O2S. The lowest BCUT2D eigenvalue weighted by molar-refractivity contribution is 0.0954. The van der Waals surface area contributed by atoms with Gasteiger partial charge in [0, 0.05) is 28.9 Å². The fourth-order valence-corrected chi connectivity index (χ4v) is 4.39. The Morgan fingerprint density at radius 3 is 2.18 bits per heavy atom. The molecule has 1 heterocycles. The Hall–Kier alpha value is -3.12. The molecule has 0 aliphatic heterocycles. The van der Waals surface area contributed by atoms with E-state index in [1.54, 1.807) is 12.1 Å². The standard InChI is InChI=1S/C28H35N3O2S/c1-27(2,3)21-16-19(17-22(24(21)32)28(4,5)6)26(33)30-13-12-18-9-7-10-20(15-18)31-25(29)23-11-8-14-34-23/h7-11,14-17,32H,12-13H2,1-6H3,(H2,29,31)(H,30,33). The molecule has 0 saturated heterocycles. The maximum absolute atomic E-state index is 13.0. The number of carbonyl (C=O) groups excluding carboxylic acids is 1. The first-order valence-corrected chi connectivity index (χ1v) is 12.4. The lowest BCUT2D eigenvalue weighted by Crippen LogP contribution is -2.27. The molecule has 0 unspecified atom stereocenters. The highest BCUT2D eigenvalue weighted by atomic mass is 32.1. The number of nitrogens with one attached hydrogen (secondary N) is 3. The molecule has 34 heavy (non-hydrogen) atoms. The molecule has 1 amide bonds. The first kappa shape index (κ1) is 25.5. The number of hydrogen-bond donors (Lipinski definition) is 4. The summed E-state index contributed by atoms with van der Waals surface area (Å²) in [6.07, 6.45) is 0.671. The zero-order chi connectivity index (χ0) is 25.1. The van der Waals surface area contributed by atoms with Crippen molar-refractivity contribution in [2.75, 3.05) is 11.9 Å². The summed E-state index contributed by atoms with van der Waals surface area (Å²) >= 11 is 1.52. The normalized spacial score (nSPS) is 11.8. The number of aromatic hydroxyl groups is 1. The van der Waals surface area contributed by atoms with Crippen LogP contribution in [0.3, 0.4) is 0 Å². The van der Waals surface area contributed by atoms with Gasteiger partial charge >= 0.3 is 0 Å². The molecule has 6 heteroatoms. The number of anilines is 1. The van der Waals surface area contributed by atoms with Crippen LogP contribution in [-0.4, -0.2) is 23.4 Å².